The normalized spacial score (nSPS) is 26.4. The van der Waals surface area contributed by atoms with E-state index >= 15 is 0 Å². The fourth-order valence-corrected chi connectivity index (χ4v) is 4.68. The molecule has 136 valence electrons. The minimum Gasteiger partial charge on any atom is -0.333 e. The molecule has 2 fully saturated rings. The van der Waals surface area contributed by atoms with Crippen LogP contribution in [-0.2, 0) is 0 Å². The van der Waals surface area contributed by atoms with Gasteiger partial charge in [-0.2, -0.15) is 0 Å². The van der Waals surface area contributed by atoms with Gasteiger partial charge in [0.05, 0.1) is 11.6 Å². The van der Waals surface area contributed by atoms with Gasteiger partial charge in [0.15, 0.2) is 0 Å². The summed E-state index contributed by atoms with van der Waals surface area (Å²) in [7, 11) is 2.21. The quantitative estimate of drug-likeness (QED) is 0.833. The summed E-state index contributed by atoms with van der Waals surface area (Å²) in [6, 6.07) is 15.2. The first-order valence-electron chi connectivity index (χ1n) is 9.64. The van der Waals surface area contributed by atoms with E-state index in [1.165, 1.54) is 18.4 Å². The third-order valence-corrected chi connectivity index (χ3v) is 6.01. The number of hydrogen-bond donors (Lipinski definition) is 0. The van der Waals surface area contributed by atoms with Crippen LogP contribution in [-0.4, -0.2) is 52.9 Å². The van der Waals surface area contributed by atoms with Crippen LogP contribution in [0.25, 0.3) is 0 Å². The SMILES string of the molecule is Cc1ccc(C(=O)N2CCCC[C@H]3[C@@H]2[C@H](c2ccccc2)CN3C)cn1. The van der Waals surface area contributed by atoms with Crippen molar-refractivity contribution in [3.63, 3.8) is 0 Å². The number of nitrogens with zero attached hydrogens (tertiary/aromatic N) is 3. The molecule has 0 radical (unpaired) electrons. The van der Waals surface area contributed by atoms with Crippen molar-refractivity contribution in [2.75, 3.05) is 20.1 Å². The van der Waals surface area contributed by atoms with Crippen molar-refractivity contribution >= 4 is 5.91 Å². The van der Waals surface area contributed by atoms with Gasteiger partial charge in [0, 0.05) is 36.9 Å². The lowest BCUT2D eigenvalue weighted by molar-refractivity contribution is 0.0644. The van der Waals surface area contributed by atoms with E-state index in [4.69, 9.17) is 0 Å². The number of carbonyl (C=O) groups is 1. The molecular formula is C22H27N3O. The number of likely N-dealkylation sites (tertiary alicyclic amines) is 2. The lowest BCUT2D eigenvalue weighted by atomic mass is 9.89. The average molecular weight is 349 g/mol. The number of likely N-dealkylation sites (N-methyl/N-ethyl adjacent to an activating group) is 1. The minimum atomic E-state index is 0.130. The number of amides is 1. The third kappa shape index (κ3) is 3.14. The summed E-state index contributed by atoms with van der Waals surface area (Å²) in [5, 5.41) is 0. The van der Waals surface area contributed by atoms with Crippen LogP contribution in [0.5, 0.6) is 0 Å². The Morgan fingerprint density at radius 2 is 1.92 bits per heavy atom. The van der Waals surface area contributed by atoms with Crippen molar-refractivity contribution in [3.05, 3.63) is 65.5 Å². The molecule has 0 N–H and O–H groups in total. The van der Waals surface area contributed by atoms with Gasteiger partial charge in [-0.1, -0.05) is 36.8 Å². The molecule has 0 bridgehead atoms. The lowest BCUT2D eigenvalue weighted by Crippen LogP contribution is -2.48. The van der Waals surface area contributed by atoms with E-state index < -0.39 is 0 Å². The van der Waals surface area contributed by atoms with Crippen LogP contribution in [0.15, 0.2) is 48.7 Å². The zero-order valence-electron chi connectivity index (χ0n) is 15.6. The molecule has 1 amide bonds. The van der Waals surface area contributed by atoms with Crippen LogP contribution >= 0.6 is 0 Å². The maximum atomic E-state index is 13.4. The molecule has 1 aromatic heterocycles. The lowest BCUT2D eigenvalue weighted by Gasteiger charge is -2.35. The number of hydrogen-bond acceptors (Lipinski definition) is 3. The molecule has 4 nitrogen and oxygen atoms in total. The largest absolute Gasteiger partial charge is 0.333 e. The van der Waals surface area contributed by atoms with Crippen LogP contribution in [0.3, 0.4) is 0 Å². The molecular weight excluding hydrogens is 322 g/mol. The number of rotatable bonds is 2. The summed E-state index contributed by atoms with van der Waals surface area (Å²) in [4.78, 5) is 22.3. The molecule has 2 aliphatic rings. The number of pyridine rings is 1. The maximum absolute atomic E-state index is 13.4. The Hall–Kier alpha value is -2.20. The second kappa shape index (κ2) is 7.20. The molecule has 0 saturated carbocycles. The Balaban J connectivity index is 1.70. The topological polar surface area (TPSA) is 36.4 Å². The molecule has 4 heteroatoms. The van der Waals surface area contributed by atoms with Gasteiger partial charge in [0.25, 0.3) is 5.91 Å². The molecule has 3 atom stereocenters. The van der Waals surface area contributed by atoms with Crippen molar-refractivity contribution in [2.24, 2.45) is 0 Å². The van der Waals surface area contributed by atoms with Gasteiger partial charge in [-0.15, -0.1) is 0 Å². The molecule has 0 spiro atoms. The van der Waals surface area contributed by atoms with Gasteiger partial charge < -0.3 is 9.80 Å². The smallest absolute Gasteiger partial charge is 0.255 e. The maximum Gasteiger partial charge on any atom is 0.255 e. The second-order valence-electron chi connectivity index (χ2n) is 7.70. The van der Waals surface area contributed by atoms with Crippen LogP contribution in [0.1, 0.15) is 46.8 Å². The molecule has 3 heterocycles. The predicted molar refractivity (Wildman–Crippen MR) is 103 cm³/mol. The average Bonchev–Trinajstić information content (AvgIpc) is 2.85. The molecule has 1 aromatic carbocycles. The molecule has 0 unspecified atom stereocenters. The van der Waals surface area contributed by atoms with Crippen LogP contribution in [0.2, 0.25) is 0 Å². The highest BCUT2D eigenvalue weighted by atomic mass is 16.2. The molecule has 2 aromatic rings. The summed E-state index contributed by atoms with van der Waals surface area (Å²) in [6.45, 7) is 3.80. The van der Waals surface area contributed by atoms with E-state index in [0.717, 1.165) is 25.2 Å². The Bertz CT molecular complexity index is 759. The van der Waals surface area contributed by atoms with E-state index in [-0.39, 0.29) is 11.9 Å². The fourth-order valence-electron chi connectivity index (χ4n) is 4.68. The second-order valence-corrected chi connectivity index (χ2v) is 7.70. The standard InChI is InChI=1S/C22H27N3O/c1-16-11-12-18(14-23-16)22(26)25-13-7-6-10-20-21(25)19(15-24(20)2)17-8-4-3-5-9-17/h3-5,8-9,11-12,14,19-21H,6-7,10,13,15H2,1-2H3/t19-,20-,21-/m0/s1. The van der Waals surface area contributed by atoms with Crippen LogP contribution in [0, 0.1) is 6.92 Å². The van der Waals surface area contributed by atoms with E-state index in [1.807, 2.05) is 19.1 Å². The van der Waals surface area contributed by atoms with Gasteiger partial charge in [-0.25, -0.2) is 0 Å². The fraction of sp³-hybridized carbons (Fsp3) is 0.455. The van der Waals surface area contributed by atoms with Crippen molar-refractivity contribution < 1.29 is 4.79 Å². The molecule has 26 heavy (non-hydrogen) atoms. The molecule has 2 aliphatic heterocycles. The minimum absolute atomic E-state index is 0.130. The van der Waals surface area contributed by atoms with Crippen LogP contribution < -0.4 is 0 Å². The predicted octanol–water partition coefficient (Wildman–Crippen LogP) is 3.48. The number of carbonyl (C=O) groups excluding carboxylic acids is 1. The first-order chi connectivity index (χ1) is 12.6. The zero-order chi connectivity index (χ0) is 18.1. The van der Waals surface area contributed by atoms with Gasteiger partial charge in [-0.3, -0.25) is 9.78 Å². The third-order valence-electron chi connectivity index (χ3n) is 6.01. The highest BCUT2D eigenvalue weighted by Crippen LogP contribution is 2.39. The summed E-state index contributed by atoms with van der Waals surface area (Å²) in [5.41, 5.74) is 2.99. The monoisotopic (exact) mass is 349 g/mol. The number of aromatic nitrogens is 1. The zero-order valence-corrected chi connectivity index (χ0v) is 15.6. The van der Waals surface area contributed by atoms with Gasteiger partial charge >= 0.3 is 0 Å². The van der Waals surface area contributed by atoms with Crippen molar-refractivity contribution in [1.82, 2.24) is 14.8 Å². The van der Waals surface area contributed by atoms with Crippen molar-refractivity contribution in [3.8, 4) is 0 Å². The number of fused-ring (bicyclic) bond motifs is 1. The van der Waals surface area contributed by atoms with Gasteiger partial charge in [0.2, 0.25) is 0 Å². The first-order valence-corrected chi connectivity index (χ1v) is 9.64. The molecule has 0 aliphatic carbocycles. The Morgan fingerprint density at radius 1 is 1.12 bits per heavy atom. The van der Waals surface area contributed by atoms with Crippen molar-refractivity contribution in [2.45, 2.75) is 44.2 Å². The van der Waals surface area contributed by atoms with E-state index in [1.54, 1.807) is 6.20 Å². The van der Waals surface area contributed by atoms with Gasteiger partial charge in [-0.05, 0) is 44.5 Å². The van der Waals surface area contributed by atoms with E-state index in [0.29, 0.717) is 17.5 Å². The summed E-state index contributed by atoms with van der Waals surface area (Å²) in [5.74, 6) is 0.497. The Kier molecular flexibility index (Phi) is 4.77. The molecule has 2 saturated heterocycles. The van der Waals surface area contributed by atoms with Crippen LogP contribution in [0.4, 0.5) is 0 Å². The highest BCUT2D eigenvalue weighted by molar-refractivity contribution is 5.94. The van der Waals surface area contributed by atoms with E-state index in [9.17, 15) is 4.79 Å². The molecule has 4 rings (SSSR count). The van der Waals surface area contributed by atoms with Gasteiger partial charge in [0.1, 0.15) is 0 Å². The number of benzene rings is 1. The summed E-state index contributed by atoms with van der Waals surface area (Å²) in [6.07, 6.45) is 5.16. The first kappa shape index (κ1) is 17.2. The summed E-state index contributed by atoms with van der Waals surface area (Å²) < 4.78 is 0. The summed E-state index contributed by atoms with van der Waals surface area (Å²) >= 11 is 0. The highest BCUT2D eigenvalue weighted by Gasteiger charge is 2.46. The Labute approximate surface area is 155 Å². The van der Waals surface area contributed by atoms with Crippen molar-refractivity contribution in [1.29, 1.82) is 0 Å². The Morgan fingerprint density at radius 3 is 2.65 bits per heavy atom. The number of aryl methyl sites for hydroxylation is 1. The van der Waals surface area contributed by atoms with E-state index in [2.05, 4.69) is 52.2 Å².